The summed E-state index contributed by atoms with van der Waals surface area (Å²) in [6.07, 6.45) is 8.92. The molecule has 0 radical (unpaired) electrons. The first-order valence-electron chi connectivity index (χ1n) is 10.3. The van der Waals surface area contributed by atoms with E-state index in [0.717, 1.165) is 54.9 Å². The quantitative estimate of drug-likeness (QED) is 0.495. The van der Waals surface area contributed by atoms with E-state index in [1.807, 2.05) is 18.6 Å². The highest BCUT2D eigenvalue weighted by atomic mass is 19.2. The molecule has 2 aliphatic heterocycles. The van der Waals surface area contributed by atoms with Gasteiger partial charge in [0.15, 0.2) is 11.6 Å². The molecule has 3 aromatic heterocycles. The summed E-state index contributed by atoms with van der Waals surface area (Å²) >= 11 is 0. The molecule has 1 aromatic carbocycles. The van der Waals surface area contributed by atoms with Crippen LogP contribution in [0.3, 0.4) is 0 Å². The number of benzene rings is 1. The Morgan fingerprint density at radius 3 is 2.74 bits per heavy atom. The van der Waals surface area contributed by atoms with Crippen LogP contribution in [0.2, 0.25) is 0 Å². The van der Waals surface area contributed by atoms with E-state index < -0.39 is 11.6 Å². The Kier molecular flexibility index (Phi) is 4.09. The highest BCUT2D eigenvalue weighted by Crippen LogP contribution is 2.32. The number of rotatable bonds is 2. The molecule has 7 nitrogen and oxygen atoms in total. The normalized spacial score (nSPS) is 15.8. The van der Waals surface area contributed by atoms with Crippen molar-refractivity contribution in [2.45, 2.75) is 25.9 Å². The maximum Gasteiger partial charge on any atom is 0.210 e. The lowest BCUT2D eigenvalue weighted by molar-refractivity contribution is 0.510. The summed E-state index contributed by atoms with van der Waals surface area (Å²) in [5.41, 5.74) is 3.55. The van der Waals surface area contributed by atoms with Crippen LogP contribution in [0, 0.1) is 11.6 Å². The average molecular weight is 419 g/mol. The summed E-state index contributed by atoms with van der Waals surface area (Å²) in [6.45, 7) is 3.14. The van der Waals surface area contributed by atoms with Gasteiger partial charge in [0, 0.05) is 62.1 Å². The molecule has 0 spiro atoms. The third-order valence-corrected chi connectivity index (χ3v) is 6.01. The number of nitrogens with zero attached hydrogens (tertiary/aromatic N) is 7. The van der Waals surface area contributed by atoms with Gasteiger partial charge in [0.05, 0.1) is 17.4 Å². The van der Waals surface area contributed by atoms with Crippen molar-refractivity contribution in [3.05, 3.63) is 66.0 Å². The molecule has 31 heavy (non-hydrogen) atoms. The summed E-state index contributed by atoms with van der Waals surface area (Å²) in [5.74, 6) is -0.270. The van der Waals surface area contributed by atoms with Gasteiger partial charge in [-0.2, -0.15) is 0 Å². The topological polar surface area (TPSA) is 63.0 Å². The van der Waals surface area contributed by atoms with E-state index in [-0.39, 0.29) is 0 Å². The SMILES string of the molecule is Fc1cc2ncnc(N3CCc4ncc(N5CCCn6ccnc65)cc4C3)c2cc1F. The second-order valence-electron chi connectivity index (χ2n) is 7.88. The Balaban J connectivity index is 1.36. The predicted octanol–water partition coefficient (Wildman–Crippen LogP) is 3.60. The maximum atomic E-state index is 13.9. The first-order chi connectivity index (χ1) is 15.2. The van der Waals surface area contributed by atoms with Crippen molar-refractivity contribution < 1.29 is 8.78 Å². The van der Waals surface area contributed by atoms with Gasteiger partial charge < -0.3 is 14.4 Å². The van der Waals surface area contributed by atoms with Gasteiger partial charge in [0.25, 0.3) is 0 Å². The van der Waals surface area contributed by atoms with E-state index in [4.69, 9.17) is 4.98 Å². The van der Waals surface area contributed by atoms with Crippen molar-refractivity contribution in [3.63, 3.8) is 0 Å². The molecule has 9 heteroatoms. The van der Waals surface area contributed by atoms with Crippen LogP contribution < -0.4 is 9.80 Å². The summed E-state index contributed by atoms with van der Waals surface area (Å²) in [5, 5.41) is 0.507. The summed E-state index contributed by atoms with van der Waals surface area (Å²) in [6, 6.07) is 4.45. The van der Waals surface area contributed by atoms with Gasteiger partial charge in [-0.15, -0.1) is 0 Å². The molecule has 0 aliphatic carbocycles. The molecule has 0 bridgehead atoms. The molecule has 0 atom stereocenters. The lowest BCUT2D eigenvalue weighted by Gasteiger charge is -2.32. The molecule has 5 heterocycles. The van der Waals surface area contributed by atoms with Crippen molar-refractivity contribution in [1.82, 2.24) is 24.5 Å². The van der Waals surface area contributed by atoms with Crippen LogP contribution in [0.4, 0.5) is 26.2 Å². The van der Waals surface area contributed by atoms with E-state index in [2.05, 4.69) is 35.4 Å². The zero-order chi connectivity index (χ0) is 20.9. The van der Waals surface area contributed by atoms with E-state index in [0.29, 0.717) is 29.8 Å². The fourth-order valence-corrected chi connectivity index (χ4v) is 4.50. The molecule has 0 saturated carbocycles. The number of aromatic nitrogens is 5. The van der Waals surface area contributed by atoms with Gasteiger partial charge in [-0.05, 0) is 24.1 Å². The molecule has 0 saturated heterocycles. The van der Waals surface area contributed by atoms with Gasteiger partial charge in [-0.1, -0.05) is 0 Å². The Hall–Kier alpha value is -3.62. The third-order valence-electron chi connectivity index (χ3n) is 6.01. The van der Waals surface area contributed by atoms with Crippen LogP contribution in [0.5, 0.6) is 0 Å². The number of halogens is 2. The van der Waals surface area contributed by atoms with Crippen molar-refractivity contribution >= 4 is 28.4 Å². The van der Waals surface area contributed by atoms with Crippen LogP contribution in [0.25, 0.3) is 10.9 Å². The molecule has 156 valence electrons. The van der Waals surface area contributed by atoms with E-state index in [9.17, 15) is 8.78 Å². The van der Waals surface area contributed by atoms with Gasteiger partial charge in [-0.25, -0.2) is 23.7 Å². The molecule has 0 unspecified atom stereocenters. The molecular weight excluding hydrogens is 400 g/mol. The minimum Gasteiger partial charge on any atom is -0.351 e. The minimum atomic E-state index is -0.908. The number of hydrogen-bond donors (Lipinski definition) is 0. The van der Waals surface area contributed by atoms with Crippen LogP contribution >= 0.6 is 0 Å². The van der Waals surface area contributed by atoms with Gasteiger partial charge >= 0.3 is 0 Å². The van der Waals surface area contributed by atoms with Crippen LogP contribution in [0.1, 0.15) is 17.7 Å². The van der Waals surface area contributed by atoms with Crippen LogP contribution in [-0.2, 0) is 19.5 Å². The first-order valence-corrected chi connectivity index (χ1v) is 10.3. The Bertz CT molecular complexity index is 1300. The van der Waals surface area contributed by atoms with E-state index >= 15 is 0 Å². The van der Waals surface area contributed by atoms with E-state index in [1.165, 1.54) is 12.4 Å². The Labute approximate surface area is 177 Å². The summed E-state index contributed by atoms with van der Waals surface area (Å²) < 4.78 is 29.7. The predicted molar refractivity (Wildman–Crippen MR) is 112 cm³/mol. The van der Waals surface area contributed by atoms with Crippen molar-refractivity contribution in [2.24, 2.45) is 0 Å². The van der Waals surface area contributed by atoms with Crippen molar-refractivity contribution in [3.8, 4) is 0 Å². The fourth-order valence-electron chi connectivity index (χ4n) is 4.50. The van der Waals surface area contributed by atoms with Gasteiger partial charge in [0.2, 0.25) is 5.95 Å². The van der Waals surface area contributed by atoms with Gasteiger partial charge in [-0.3, -0.25) is 4.98 Å². The van der Waals surface area contributed by atoms with Crippen molar-refractivity contribution in [1.29, 1.82) is 0 Å². The molecule has 2 aliphatic rings. The molecule has 0 fully saturated rings. The highest BCUT2D eigenvalue weighted by Gasteiger charge is 2.24. The smallest absolute Gasteiger partial charge is 0.210 e. The van der Waals surface area contributed by atoms with Crippen LogP contribution in [-0.4, -0.2) is 37.6 Å². The molecular formula is C22H19F2N7. The maximum absolute atomic E-state index is 13.9. The highest BCUT2D eigenvalue weighted by molar-refractivity contribution is 5.89. The second kappa shape index (κ2) is 6.97. The van der Waals surface area contributed by atoms with Gasteiger partial charge in [0.1, 0.15) is 12.1 Å². The number of imidazole rings is 1. The number of anilines is 3. The summed E-state index contributed by atoms with van der Waals surface area (Å²) in [4.78, 5) is 22.0. The zero-order valence-corrected chi connectivity index (χ0v) is 16.7. The van der Waals surface area contributed by atoms with Crippen LogP contribution in [0.15, 0.2) is 43.1 Å². The number of fused-ring (bicyclic) bond motifs is 3. The second-order valence-corrected chi connectivity index (χ2v) is 7.88. The fraction of sp³-hybridized carbons (Fsp3) is 0.273. The third kappa shape index (κ3) is 2.99. The monoisotopic (exact) mass is 419 g/mol. The zero-order valence-electron chi connectivity index (χ0n) is 16.7. The lowest BCUT2D eigenvalue weighted by Crippen LogP contribution is -2.33. The Morgan fingerprint density at radius 1 is 0.903 bits per heavy atom. The van der Waals surface area contributed by atoms with Crippen molar-refractivity contribution in [2.75, 3.05) is 22.9 Å². The Morgan fingerprint density at radius 2 is 1.81 bits per heavy atom. The number of aryl methyl sites for hydroxylation is 1. The molecule has 6 rings (SSSR count). The molecule has 0 amide bonds. The molecule has 4 aromatic rings. The number of hydrogen-bond acceptors (Lipinski definition) is 6. The average Bonchev–Trinajstić information content (AvgIpc) is 3.28. The van der Waals surface area contributed by atoms with E-state index in [1.54, 1.807) is 0 Å². The largest absolute Gasteiger partial charge is 0.351 e. The lowest BCUT2D eigenvalue weighted by atomic mass is 10.0. The molecule has 0 N–H and O–H groups in total. The standard InChI is InChI=1S/C22H19F2N7/c23-17-9-16-20(10-18(17)24)27-13-28-21(16)30-6-2-19-14(12-30)8-15(11-26-19)31-5-1-4-29-7-3-25-22(29)31/h3,7-11,13H,1-2,4-6,12H2. The summed E-state index contributed by atoms with van der Waals surface area (Å²) in [7, 11) is 0. The minimum absolute atomic E-state index is 0.390. The number of pyridine rings is 1. The first kappa shape index (κ1) is 18.2.